The van der Waals surface area contributed by atoms with Crippen molar-refractivity contribution >= 4 is 0 Å². The van der Waals surface area contributed by atoms with E-state index in [-0.39, 0.29) is 0 Å². The average molecular weight is 94.1 g/mol. The zero-order chi connectivity index (χ0) is 5.41. The molecular formula is C2H10N2O2. The van der Waals surface area contributed by atoms with Gasteiger partial charge in [0.05, 0.1) is 0 Å². The summed E-state index contributed by atoms with van der Waals surface area (Å²) in [5.41, 5.74) is 3.50. The van der Waals surface area contributed by atoms with Crippen LogP contribution in [0.3, 0.4) is 0 Å². The first-order valence-corrected chi connectivity index (χ1v) is 1.45. The van der Waals surface area contributed by atoms with Crippen molar-refractivity contribution in [2.75, 3.05) is 14.1 Å². The van der Waals surface area contributed by atoms with Gasteiger partial charge in [0.25, 0.3) is 0 Å². The largest absolute Gasteiger partial charge is 0.317 e. The maximum atomic E-state index is 7.32. The zero-order valence-corrected chi connectivity index (χ0v) is 3.89. The van der Waals surface area contributed by atoms with Gasteiger partial charge in [0, 0.05) is 14.1 Å². The summed E-state index contributed by atoms with van der Waals surface area (Å²) in [4.78, 5) is 0. The second-order valence-electron chi connectivity index (χ2n) is 0.447. The molecule has 0 unspecified atom stereocenters. The number of hydrogen-bond donors (Lipinski definition) is 4. The summed E-state index contributed by atoms with van der Waals surface area (Å²) in [6.07, 6.45) is 0. The molecule has 0 fully saturated rings. The fourth-order valence-electron chi connectivity index (χ4n) is 0. The molecule has 0 aliphatic heterocycles. The number of nitrogens with one attached hydrogen (secondary N) is 2. The van der Waals surface area contributed by atoms with Gasteiger partial charge in [-0.1, -0.05) is 0 Å². The van der Waals surface area contributed by atoms with Crippen LogP contribution in [0.15, 0.2) is 0 Å². The van der Waals surface area contributed by atoms with Crippen LogP contribution in [0.4, 0.5) is 0 Å². The minimum atomic E-state index is 1.43. The van der Waals surface area contributed by atoms with Crippen molar-refractivity contribution in [3.8, 4) is 0 Å². The lowest BCUT2D eigenvalue weighted by molar-refractivity contribution is 0.194. The van der Waals surface area contributed by atoms with E-state index >= 15 is 0 Å². The van der Waals surface area contributed by atoms with Gasteiger partial charge in [0.1, 0.15) is 0 Å². The SMILES string of the molecule is CNO.CNO. The highest BCUT2D eigenvalue weighted by Gasteiger charge is 1.25. The number of hydroxylamine groups is 2. The Labute approximate surface area is 36.7 Å². The van der Waals surface area contributed by atoms with E-state index in [0.717, 1.165) is 0 Å². The standard InChI is InChI=1S/2CH5NO/c2*1-2-3/h2*2-3H,1H3. The van der Waals surface area contributed by atoms with Crippen LogP contribution in [0.25, 0.3) is 0 Å². The van der Waals surface area contributed by atoms with Gasteiger partial charge in [0.2, 0.25) is 0 Å². The molecule has 4 N–H and O–H groups in total. The Bertz CT molecular complexity index is 11.5. The molecular weight excluding hydrogens is 84.0 g/mol. The molecule has 0 atom stereocenters. The molecule has 4 nitrogen and oxygen atoms in total. The lowest BCUT2D eigenvalue weighted by atomic mass is 11.6. The van der Waals surface area contributed by atoms with Gasteiger partial charge in [-0.3, -0.25) is 0 Å². The average Bonchev–Trinajstić information content (AvgIpc) is 1.39. The Morgan fingerprint density at radius 1 is 1.00 bits per heavy atom. The first-order chi connectivity index (χ1) is 2.83. The van der Waals surface area contributed by atoms with Gasteiger partial charge >= 0.3 is 0 Å². The summed E-state index contributed by atoms with van der Waals surface area (Å²) in [6, 6.07) is 0. The Kier molecular flexibility index (Phi) is 32.6. The molecule has 0 rings (SSSR count). The van der Waals surface area contributed by atoms with E-state index in [2.05, 4.69) is 0 Å². The van der Waals surface area contributed by atoms with Gasteiger partial charge in [-0.15, -0.1) is 0 Å². The molecule has 0 saturated heterocycles. The summed E-state index contributed by atoms with van der Waals surface area (Å²) in [6.45, 7) is 0. The van der Waals surface area contributed by atoms with E-state index in [1.807, 2.05) is 0 Å². The first-order valence-electron chi connectivity index (χ1n) is 1.45. The minimum Gasteiger partial charge on any atom is -0.317 e. The van der Waals surface area contributed by atoms with Crippen molar-refractivity contribution in [1.82, 2.24) is 11.0 Å². The van der Waals surface area contributed by atoms with Crippen molar-refractivity contribution in [1.29, 1.82) is 0 Å². The smallest absolute Gasteiger partial charge is 0.00929 e. The third-order valence-corrected chi connectivity index (χ3v) is 0. The Morgan fingerprint density at radius 2 is 1.00 bits per heavy atom. The summed E-state index contributed by atoms with van der Waals surface area (Å²) >= 11 is 0. The highest BCUT2D eigenvalue weighted by Crippen LogP contribution is 0.959. The topological polar surface area (TPSA) is 64.5 Å². The molecule has 0 bridgehead atoms. The maximum absolute atomic E-state index is 7.32. The molecule has 0 radical (unpaired) electrons. The molecule has 0 saturated carbocycles. The van der Waals surface area contributed by atoms with E-state index in [0.29, 0.717) is 0 Å². The van der Waals surface area contributed by atoms with E-state index in [9.17, 15) is 0 Å². The molecule has 0 spiro atoms. The van der Waals surface area contributed by atoms with E-state index < -0.39 is 0 Å². The van der Waals surface area contributed by atoms with Crippen LogP contribution >= 0.6 is 0 Å². The molecule has 0 amide bonds. The summed E-state index contributed by atoms with van der Waals surface area (Å²) in [5, 5.41) is 14.6. The van der Waals surface area contributed by atoms with Crippen molar-refractivity contribution in [2.45, 2.75) is 0 Å². The quantitative estimate of drug-likeness (QED) is 0.296. The van der Waals surface area contributed by atoms with Crippen LogP contribution in [0.1, 0.15) is 0 Å². The number of rotatable bonds is 0. The van der Waals surface area contributed by atoms with Crippen LogP contribution in [0, 0.1) is 0 Å². The van der Waals surface area contributed by atoms with Crippen LogP contribution in [-0.2, 0) is 0 Å². The van der Waals surface area contributed by atoms with Crippen molar-refractivity contribution < 1.29 is 10.4 Å². The maximum Gasteiger partial charge on any atom is 0.00929 e. The lowest BCUT2D eigenvalue weighted by Crippen LogP contribution is -1.91. The first kappa shape index (κ1) is 9.28. The highest BCUT2D eigenvalue weighted by atomic mass is 16.5. The fraction of sp³-hybridized carbons (Fsp3) is 1.00. The van der Waals surface area contributed by atoms with Crippen LogP contribution in [0.2, 0.25) is 0 Å². The van der Waals surface area contributed by atoms with Gasteiger partial charge in [-0.25, -0.2) is 11.0 Å². The summed E-state index contributed by atoms with van der Waals surface area (Å²) in [5.74, 6) is 0. The number of hydrogen-bond acceptors (Lipinski definition) is 4. The second kappa shape index (κ2) is 21.1. The zero-order valence-electron chi connectivity index (χ0n) is 3.89. The van der Waals surface area contributed by atoms with E-state index in [1.54, 1.807) is 11.0 Å². The summed E-state index contributed by atoms with van der Waals surface area (Å²) < 4.78 is 0. The van der Waals surface area contributed by atoms with E-state index in [4.69, 9.17) is 10.4 Å². The Hall–Kier alpha value is -0.160. The molecule has 0 aliphatic carbocycles. The normalized spacial score (nSPS) is 6.00. The third kappa shape index (κ3) is 1210. The van der Waals surface area contributed by atoms with Crippen molar-refractivity contribution in [3.63, 3.8) is 0 Å². The molecule has 0 aromatic heterocycles. The monoisotopic (exact) mass is 94.1 g/mol. The Balaban J connectivity index is 0. The molecule has 0 aliphatic rings. The van der Waals surface area contributed by atoms with Crippen molar-refractivity contribution in [3.05, 3.63) is 0 Å². The Morgan fingerprint density at radius 3 is 1.00 bits per heavy atom. The molecule has 4 heteroatoms. The van der Waals surface area contributed by atoms with E-state index in [1.165, 1.54) is 14.1 Å². The van der Waals surface area contributed by atoms with Crippen molar-refractivity contribution in [2.24, 2.45) is 0 Å². The molecule has 0 aromatic rings. The minimum absolute atomic E-state index is 1.43. The fourth-order valence-corrected chi connectivity index (χ4v) is 0. The molecule has 40 valence electrons. The van der Waals surface area contributed by atoms with Gasteiger partial charge in [-0.2, -0.15) is 0 Å². The molecule has 6 heavy (non-hydrogen) atoms. The van der Waals surface area contributed by atoms with Gasteiger partial charge in [-0.05, 0) is 0 Å². The molecule has 0 heterocycles. The predicted molar refractivity (Wildman–Crippen MR) is 21.7 cm³/mol. The van der Waals surface area contributed by atoms with Crippen LogP contribution in [-0.4, -0.2) is 24.5 Å². The van der Waals surface area contributed by atoms with Crippen LogP contribution < -0.4 is 11.0 Å². The second-order valence-corrected chi connectivity index (χ2v) is 0.447. The summed E-state index contributed by atoms with van der Waals surface area (Å²) in [7, 11) is 2.86. The third-order valence-electron chi connectivity index (χ3n) is 0. The van der Waals surface area contributed by atoms with Gasteiger partial charge in [0.15, 0.2) is 0 Å². The molecule has 0 aromatic carbocycles. The van der Waals surface area contributed by atoms with Crippen LogP contribution in [0.5, 0.6) is 0 Å². The lowest BCUT2D eigenvalue weighted by Gasteiger charge is -1.60. The highest BCUT2D eigenvalue weighted by molar-refractivity contribution is 3.65. The predicted octanol–water partition coefficient (Wildman–Crippen LogP) is -0.810. The van der Waals surface area contributed by atoms with Gasteiger partial charge < -0.3 is 10.4 Å².